The molecule has 0 radical (unpaired) electrons. The second-order valence-corrected chi connectivity index (χ2v) is 8.38. The van der Waals surface area contributed by atoms with Gasteiger partial charge in [-0.25, -0.2) is 13.8 Å². The molecule has 3 aromatic heterocycles. The summed E-state index contributed by atoms with van der Waals surface area (Å²) in [5.41, 5.74) is 8.66. The van der Waals surface area contributed by atoms with Gasteiger partial charge in [-0.1, -0.05) is 0 Å². The summed E-state index contributed by atoms with van der Waals surface area (Å²) < 4.78 is 29.8. The Labute approximate surface area is 189 Å². The van der Waals surface area contributed by atoms with E-state index in [9.17, 15) is 9.65 Å². The van der Waals surface area contributed by atoms with Crippen molar-refractivity contribution in [2.75, 3.05) is 36.4 Å². The third kappa shape index (κ3) is 3.52. The second-order valence-electron chi connectivity index (χ2n) is 8.38. The first-order valence-corrected chi connectivity index (χ1v) is 10.8. The Morgan fingerprint density at radius 3 is 2.88 bits per heavy atom. The zero-order valence-electron chi connectivity index (χ0n) is 18.1. The zero-order valence-corrected chi connectivity index (χ0v) is 18.1. The summed E-state index contributed by atoms with van der Waals surface area (Å²) in [5.74, 6) is -0.382. The lowest BCUT2D eigenvalue weighted by Gasteiger charge is -2.24. The van der Waals surface area contributed by atoms with Crippen molar-refractivity contribution in [2.24, 2.45) is 5.73 Å². The van der Waals surface area contributed by atoms with E-state index in [0.29, 0.717) is 58.3 Å². The highest BCUT2D eigenvalue weighted by molar-refractivity contribution is 6.17. The van der Waals surface area contributed by atoms with Crippen LogP contribution in [0.25, 0.3) is 33.1 Å². The van der Waals surface area contributed by atoms with Crippen molar-refractivity contribution >= 4 is 33.3 Å². The van der Waals surface area contributed by atoms with Crippen LogP contribution in [0.5, 0.6) is 0 Å². The largest absolute Gasteiger partial charge is 0.384 e. The minimum atomic E-state index is -1.51. The number of pyridine rings is 2. The molecular weight excluding hydrogens is 424 g/mol. The number of nitrogens with zero attached hydrogens (tertiary/aromatic N) is 4. The fourth-order valence-electron chi connectivity index (χ4n) is 4.62. The van der Waals surface area contributed by atoms with Gasteiger partial charge >= 0.3 is 0 Å². The third-order valence-corrected chi connectivity index (χ3v) is 6.20. The Balaban J connectivity index is 1.84. The highest BCUT2D eigenvalue weighted by Crippen LogP contribution is 2.44. The number of nitrogens with two attached hydrogens (primary N) is 1. The maximum Gasteiger partial charge on any atom is 0.142 e. The first-order valence-electron chi connectivity index (χ1n) is 10.8. The monoisotopic (exact) mass is 447 g/mol. The van der Waals surface area contributed by atoms with E-state index in [1.807, 2.05) is 11.8 Å². The van der Waals surface area contributed by atoms with Crippen LogP contribution in [0.2, 0.25) is 0 Å². The number of aromatic amines is 1. The highest BCUT2D eigenvalue weighted by Gasteiger charge is 2.39. The lowest BCUT2D eigenvalue weighted by Crippen LogP contribution is -2.36. The van der Waals surface area contributed by atoms with Crippen molar-refractivity contribution in [1.82, 2.24) is 15.0 Å². The normalized spacial score (nSPS) is 18.2. The summed E-state index contributed by atoms with van der Waals surface area (Å²) in [6, 6.07) is 6.74. The van der Waals surface area contributed by atoms with Gasteiger partial charge < -0.3 is 20.9 Å². The Hall–Kier alpha value is -3.77. The molecular formula is C24H23F2N7. The minimum Gasteiger partial charge on any atom is -0.384 e. The lowest BCUT2D eigenvalue weighted by atomic mass is 10.0. The number of nitriles is 1. The van der Waals surface area contributed by atoms with Gasteiger partial charge in [-0.15, -0.1) is 0 Å². The maximum absolute atomic E-state index is 15.2. The topological polar surface area (TPSA) is 107 Å². The zero-order chi connectivity index (χ0) is 23.2. The molecule has 0 bridgehead atoms. The molecule has 0 saturated carbocycles. The van der Waals surface area contributed by atoms with Crippen LogP contribution in [-0.4, -0.2) is 46.8 Å². The van der Waals surface area contributed by atoms with E-state index in [4.69, 9.17) is 5.73 Å². The van der Waals surface area contributed by atoms with Gasteiger partial charge in [0.05, 0.1) is 34.4 Å². The van der Waals surface area contributed by atoms with Crippen LogP contribution in [-0.2, 0) is 0 Å². The number of hydrogen-bond acceptors (Lipinski definition) is 6. The molecule has 1 saturated heterocycles. The van der Waals surface area contributed by atoms with Crippen molar-refractivity contribution in [1.29, 1.82) is 5.26 Å². The molecule has 168 valence electrons. The Morgan fingerprint density at radius 1 is 1.30 bits per heavy atom. The fraction of sp³-hybridized carbons (Fsp3) is 0.292. The van der Waals surface area contributed by atoms with E-state index in [1.165, 1.54) is 18.3 Å². The van der Waals surface area contributed by atoms with Crippen LogP contribution in [0.15, 0.2) is 36.8 Å². The molecule has 4 heterocycles. The quantitative estimate of drug-likeness (QED) is 0.425. The van der Waals surface area contributed by atoms with E-state index in [-0.39, 0.29) is 18.9 Å². The number of aromatic nitrogens is 3. The van der Waals surface area contributed by atoms with Gasteiger partial charge in [-0.3, -0.25) is 4.98 Å². The van der Waals surface area contributed by atoms with Crippen molar-refractivity contribution < 1.29 is 8.78 Å². The molecule has 4 N–H and O–H groups in total. The first-order chi connectivity index (χ1) is 16.0. The van der Waals surface area contributed by atoms with Crippen LogP contribution >= 0.6 is 0 Å². The second kappa shape index (κ2) is 7.98. The molecule has 7 nitrogen and oxygen atoms in total. The van der Waals surface area contributed by atoms with Crippen molar-refractivity contribution in [3.8, 4) is 17.2 Å². The van der Waals surface area contributed by atoms with Gasteiger partial charge in [0.15, 0.2) is 0 Å². The van der Waals surface area contributed by atoms with Gasteiger partial charge in [0, 0.05) is 61.2 Å². The predicted octanol–water partition coefficient (Wildman–Crippen LogP) is 4.10. The van der Waals surface area contributed by atoms with E-state index >= 15 is 4.39 Å². The molecule has 1 atom stereocenters. The van der Waals surface area contributed by atoms with Gasteiger partial charge in [0.1, 0.15) is 23.2 Å². The molecule has 9 heteroatoms. The van der Waals surface area contributed by atoms with Crippen LogP contribution in [0, 0.1) is 17.1 Å². The van der Waals surface area contributed by atoms with Crippen LogP contribution in [0.3, 0.4) is 0 Å². The van der Waals surface area contributed by atoms with Crippen LogP contribution in [0.4, 0.5) is 20.2 Å². The number of H-pyrrole nitrogens is 1. The van der Waals surface area contributed by atoms with Crippen LogP contribution < -0.4 is 16.0 Å². The van der Waals surface area contributed by atoms with Crippen LogP contribution in [0.1, 0.15) is 18.9 Å². The molecule has 1 fully saturated rings. The number of halogens is 2. The summed E-state index contributed by atoms with van der Waals surface area (Å²) in [6.45, 7) is 3.05. The molecule has 0 spiro atoms. The molecule has 1 aromatic carbocycles. The van der Waals surface area contributed by atoms with Crippen molar-refractivity contribution in [3.05, 3.63) is 48.2 Å². The molecule has 1 aliphatic rings. The summed E-state index contributed by atoms with van der Waals surface area (Å²) in [4.78, 5) is 14.0. The standard InChI is InChI=1S/C24H23F2N7/c1-2-30-19-7-16(25)6-17-20-22(33-4-3-24(26,12-28)13-33)18(11-31-23(20)32-21(17)19)15-5-14(8-27)9-29-10-15/h5-7,9-11,30H,2-4,12-13,28H2,1H3,(H,31,32)/t24-/m0/s1. The smallest absolute Gasteiger partial charge is 0.142 e. The number of rotatable bonds is 5. The molecule has 0 amide bonds. The highest BCUT2D eigenvalue weighted by atomic mass is 19.1. The van der Waals surface area contributed by atoms with Gasteiger partial charge in [0.2, 0.25) is 0 Å². The first kappa shape index (κ1) is 21.1. The lowest BCUT2D eigenvalue weighted by molar-refractivity contribution is 0.204. The van der Waals surface area contributed by atoms with Crippen molar-refractivity contribution in [2.45, 2.75) is 19.0 Å². The number of hydrogen-bond donors (Lipinski definition) is 3. The number of benzene rings is 1. The average molecular weight is 447 g/mol. The fourth-order valence-corrected chi connectivity index (χ4v) is 4.62. The molecule has 1 aliphatic heterocycles. The van der Waals surface area contributed by atoms with E-state index in [2.05, 4.69) is 26.3 Å². The van der Waals surface area contributed by atoms with Crippen molar-refractivity contribution in [3.63, 3.8) is 0 Å². The maximum atomic E-state index is 15.2. The van der Waals surface area contributed by atoms with Gasteiger partial charge in [-0.2, -0.15) is 5.26 Å². The Morgan fingerprint density at radius 2 is 2.15 bits per heavy atom. The third-order valence-electron chi connectivity index (χ3n) is 6.20. The van der Waals surface area contributed by atoms with Gasteiger partial charge in [-0.05, 0) is 25.1 Å². The number of anilines is 2. The summed E-state index contributed by atoms with van der Waals surface area (Å²) in [6.07, 6.45) is 5.11. The SMILES string of the molecule is CCNc1cc(F)cc2c1[nH]c1ncc(-c3cncc(C#N)c3)c(N3CC[C@](F)(CN)C3)c12. The Bertz CT molecular complexity index is 1410. The van der Waals surface area contributed by atoms with E-state index in [1.54, 1.807) is 18.5 Å². The summed E-state index contributed by atoms with van der Waals surface area (Å²) >= 11 is 0. The average Bonchev–Trinajstić information content (AvgIpc) is 3.40. The minimum absolute atomic E-state index is 0.0778. The Kier molecular flexibility index (Phi) is 5.10. The summed E-state index contributed by atoms with van der Waals surface area (Å²) in [5, 5.41) is 13.9. The number of fused-ring (bicyclic) bond motifs is 3. The summed E-state index contributed by atoms with van der Waals surface area (Å²) in [7, 11) is 0. The predicted molar refractivity (Wildman–Crippen MR) is 125 cm³/mol. The molecule has 0 unspecified atom stereocenters. The molecule has 5 rings (SSSR count). The van der Waals surface area contributed by atoms with Gasteiger partial charge in [0.25, 0.3) is 0 Å². The molecule has 0 aliphatic carbocycles. The number of alkyl halides is 1. The van der Waals surface area contributed by atoms with E-state index in [0.717, 1.165) is 11.2 Å². The van der Waals surface area contributed by atoms with E-state index < -0.39 is 5.67 Å². The molecule has 33 heavy (non-hydrogen) atoms. The molecule has 4 aromatic rings. The number of nitrogens with one attached hydrogen (secondary N) is 2.